The van der Waals surface area contributed by atoms with Crippen LogP contribution in [0.4, 0.5) is 4.39 Å². The highest BCUT2D eigenvalue weighted by molar-refractivity contribution is 5.87. The molecule has 1 aromatic rings. The van der Waals surface area contributed by atoms with Gasteiger partial charge in [0.2, 0.25) is 5.91 Å². The van der Waals surface area contributed by atoms with Crippen molar-refractivity contribution in [3.63, 3.8) is 0 Å². The summed E-state index contributed by atoms with van der Waals surface area (Å²) in [4.78, 5) is 16.4. The molecule has 4 nitrogen and oxygen atoms in total. The van der Waals surface area contributed by atoms with Gasteiger partial charge in [-0.15, -0.1) is 0 Å². The maximum atomic E-state index is 13.4. The average molecular weight is 308 g/mol. The molecule has 1 atom stereocenters. The first-order chi connectivity index (χ1) is 10.1. The molecule has 1 amide bonds. The largest absolute Gasteiger partial charge is 0.387 e. The monoisotopic (exact) mass is 308 g/mol. The molecular weight excluding hydrogens is 283 g/mol. The van der Waals surface area contributed by atoms with Gasteiger partial charge in [-0.3, -0.25) is 4.79 Å². The molecule has 1 saturated heterocycles. The van der Waals surface area contributed by atoms with Crippen LogP contribution in [0.3, 0.4) is 0 Å². The van der Waals surface area contributed by atoms with Crippen molar-refractivity contribution in [1.82, 2.24) is 9.80 Å². The Morgan fingerprint density at radius 2 is 2.14 bits per heavy atom. The topological polar surface area (TPSA) is 43.8 Å². The molecule has 1 aromatic carbocycles. The highest BCUT2D eigenvalue weighted by Gasteiger charge is 2.43. The molecule has 0 bridgehead atoms. The Morgan fingerprint density at radius 1 is 1.45 bits per heavy atom. The van der Waals surface area contributed by atoms with Gasteiger partial charge in [0.05, 0.1) is 17.6 Å². The van der Waals surface area contributed by atoms with Crippen molar-refractivity contribution in [2.45, 2.75) is 31.3 Å². The fourth-order valence-corrected chi connectivity index (χ4v) is 3.14. The summed E-state index contributed by atoms with van der Waals surface area (Å²) in [5.41, 5.74) is -1.02. The van der Waals surface area contributed by atoms with Crippen LogP contribution < -0.4 is 0 Å². The minimum Gasteiger partial charge on any atom is -0.387 e. The lowest BCUT2D eigenvalue weighted by Gasteiger charge is -2.31. The molecule has 122 valence electrons. The molecule has 0 radical (unpaired) electrons. The number of amides is 1. The molecule has 1 N–H and O–H groups in total. The molecule has 22 heavy (non-hydrogen) atoms. The number of carbonyl (C=O) groups excluding carboxylic acids is 1. The summed E-state index contributed by atoms with van der Waals surface area (Å²) in [6, 6.07) is 6.16. The van der Waals surface area contributed by atoms with Crippen LogP contribution in [0.2, 0.25) is 0 Å². The van der Waals surface area contributed by atoms with Crippen molar-refractivity contribution in [3.05, 3.63) is 35.6 Å². The third kappa shape index (κ3) is 3.47. The van der Waals surface area contributed by atoms with E-state index in [2.05, 4.69) is 0 Å². The fraction of sp³-hybridized carbons (Fsp3) is 0.588. The number of halogens is 1. The lowest BCUT2D eigenvalue weighted by molar-refractivity contribution is -0.136. The predicted octanol–water partition coefficient (Wildman–Crippen LogP) is 1.63. The van der Waals surface area contributed by atoms with Gasteiger partial charge in [-0.2, -0.15) is 0 Å². The standard InChI is InChI=1S/C17H25FN2O2/c1-16(2,13-6-5-7-14(18)10-13)15(21)20-9-8-17(22,12-20)11-19(3)4/h5-7,10,22H,8-9,11-12H2,1-4H3/t17-/m0/s1. The van der Waals surface area contributed by atoms with Crippen LogP contribution in [0.5, 0.6) is 0 Å². The third-order valence-corrected chi connectivity index (χ3v) is 4.31. The molecule has 5 heteroatoms. The normalized spacial score (nSPS) is 22.4. The molecule has 1 aliphatic heterocycles. The maximum absolute atomic E-state index is 13.4. The van der Waals surface area contributed by atoms with E-state index in [-0.39, 0.29) is 11.7 Å². The zero-order valence-electron chi connectivity index (χ0n) is 13.8. The molecule has 0 aliphatic carbocycles. The number of rotatable bonds is 4. The average Bonchev–Trinajstić information content (AvgIpc) is 2.78. The molecule has 2 rings (SSSR count). The smallest absolute Gasteiger partial charge is 0.232 e. The summed E-state index contributed by atoms with van der Waals surface area (Å²) in [5.74, 6) is -0.420. The van der Waals surface area contributed by atoms with E-state index in [0.29, 0.717) is 31.6 Å². The van der Waals surface area contributed by atoms with E-state index in [9.17, 15) is 14.3 Å². The highest BCUT2D eigenvalue weighted by Crippen LogP contribution is 2.30. The van der Waals surface area contributed by atoms with Crippen LogP contribution in [0, 0.1) is 5.82 Å². The number of likely N-dealkylation sites (tertiary alicyclic amines) is 1. The summed E-state index contributed by atoms with van der Waals surface area (Å²) in [6.45, 7) is 4.97. The molecule has 0 unspecified atom stereocenters. The number of hydrogen-bond donors (Lipinski definition) is 1. The Kier molecular flexibility index (Phi) is 4.59. The fourth-order valence-electron chi connectivity index (χ4n) is 3.14. The predicted molar refractivity (Wildman–Crippen MR) is 84.1 cm³/mol. The Balaban J connectivity index is 2.15. The van der Waals surface area contributed by atoms with E-state index in [1.165, 1.54) is 12.1 Å². The summed E-state index contributed by atoms with van der Waals surface area (Å²) in [6.07, 6.45) is 0.566. The molecule has 0 saturated carbocycles. The van der Waals surface area contributed by atoms with Crippen molar-refractivity contribution in [2.24, 2.45) is 0 Å². The molecule has 0 spiro atoms. The number of benzene rings is 1. The van der Waals surface area contributed by atoms with E-state index in [1.54, 1.807) is 30.9 Å². The van der Waals surface area contributed by atoms with Gasteiger partial charge >= 0.3 is 0 Å². The first-order valence-electron chi connectivity index (χ1n) is 7.57. The zero-order chi connectivity index (χ0) is 16.5. The Bertz CT molecular complexity index is 559. The van der Waals surface area contributed by atoms with Gasteiger partial charge in [-0.05, 0) is 52.1 Å². The Hall–Kier alpha value is -1.46. The molecule has 0 aromatic heterocycles. The number of nitrogens with zero attached hydrogens (tertiary/aromatic N) is 2. The number of likely N-dealkylation sites (N-methyl/N-ethyl adjacent to an activating group) is 1. The van der Waals surface area contributed by atoms with Gasteiger partial charge in [0, 0.05) is 13.1 Å². The number of carbonyl (C=O) groups is 1. The van der Waals surface area contributed by atoms with E-state index >= 15 is 0 Å². The van der Waals surface area contributed by atoms with Gasteiger partial charge in [0.15, 0.2) is 0 Å². The summed E-state index contributed by atoms with van der Waals surface area (Å²) >= 11 is 0. The number of hydrogen-bond acceptors (Lipinski definition) is 3. The Morgan fingerprint density at radius 3 is 2.73 bits per heavy atom. The van der Waals surface area contributed by atoms with Crippen LogP contribution in [0.1, 0.15) is 25.8 Å². The second kappa shape index (κ2) is 5.97. The quantitative estimate of drug-likeness (QED) is 0.919. The van der Waals surface area contributed by atoms with Gasteiger partial charge in [-0.1, -0.05) is 12.1 Å². The highest BCUT2D eigenvalue weighted by atomic mass is 19.1. The first-order valence-corrected chi connectivity index (χ1v) is 7.57. The van der Waals surface area contributed by atoms with E-state index in [4.69, 9.17) is 0 Å². The van der Waals surface area contributed by atoms with Gasteiger partial charge < -0.3 is 14.9 Å². The third-order valence-electron chi connectivity index (χ3n) is 4.31. The van der Waals surface area contributed by atoms with Crippen molar-refractivity contribution >= 4 is 5.91 Å². The van der Waals surface area contributed by atoms with Crippen LogP contribution >= 0.6 is 0 Å². The van der Waals surface area contributed by atoms with Crippen molar-refractivity contribution in [2.75, 3.05) is 33.7 Å². The van der Waals surface area contributed by atoms with Gasteiger partial charge in [0.25, 0.3) is 0 Å². The lowest BCUT2D eigenvalue weighted by Crippen LogP contribution is -2.47. The molecule has 1 aliphatic rings. The molecular formula is C17H25FN2O2. The van der Waals surface area contributed by atoms with Crippen molar-refractivity contribution in [1.29, 1.82) is 0 Å². The van der Waals surface area contributed by atoms with E-state index < -0.39 is 11.0 Å². The first kappa shape index (κ1) is 16.9. The van der Waals surface area contributed by atoms with Crippen LogP contribution in [-0.2, 0) is 10.2 Å². The minimum absolute atomic E-state index is 0.0761. The van der Waals surface area contributed by atoms with Gasteiger partial charge in [-0.25, -0.2) is 4.39 Å². The number of aliphatic hydroxyl groups is 1. The van der Waals surface area contributed by atoms with Crippen LogP contribution in [0.15, 0.2) is 24.3 Å². The maximum Gasteiger partial charge on any atom is 0.232 e. The summed E-state index contributed by atoms with van der Waals surface area (Å²) < 4.78 is 13.4. The number of β-amino-alcohol motifs (C(OH)–C–C–N with tert-alkyl or cyclic N) is 1. The second-order valence-electron chi connectivity index (χ2n) is 7.07. The molecule has 1 heterocycles. The minimum atomic E-state index is -0.864. The summed E-state index contributed by atoms with van der Waals surface area (Å²) in [7, 11) is 3.80. The van der Waals surface area contributed by atoms with Crippen LogP contribution in [0.25, 0.3) is 0 Å². The SMILES string of the molecule is CN(C)C[C@@]1(O)CCN(C(=O)C(C)(C)c2cccc(F)c2)C1. The lowest BCUT2D eigenvalue weighted by atomic mass is 9.83. The van der Waals surface area contributed by atoms with Crippen molar-refractivity contribution < 1.29 is 14.3 Å². The molecule has 1 fully saturated rings. The van der Waals surface area contributed by atoms with E-state index in [1.807, 2.05) is 19.0 Å². The second-order valence-corrected chi connectivity index (χ2v) is 7.07. The van der Waals surface area contributed by atoms with E-state index in [0.717, 1.165) is 0 Å². The Labute approximate surface area is 131 Å². The van der Waals surface area contributed by atoms with Gasteiger partial charge in [0.1, 0.15) is 5.82 Å². The van der Waals surface area contributed by atoms with Crippen LogP contribution in [-0.4, -0.2) is 60.1 Å². The summed E-state index contributed by atoms with van der Waals surface area (Å²) in [5, 5.41) is 10.6. The zero-order valence-corrected chi connectivity index (χ0v) is 13.8. The van der Waals surface area contributed by atoms with Crippen molar-refractivity contribution in [3.8, 4) is 0 Å².